The number of benzene rings is 1. The number of nitro groups is 1. The summed E-state index contributed by atoms with van der Waals surface area (Å²) < 4.78 is 13.1. The van der Waals surface area contributed by atoms with Crippen molar-refractivity contribution in [3.8, 4) is 0 Å². The molecule has 0 saturated heterocycles. The monoisotopic (exact) mass is 270 g/mol. The van der Waals surface area contributed by atoms with Gasteiger partial charge in [-0.25, -0.2) is 4.39 Å². The summed E-state index contributed by atoms with van der Waals surface area (Å²) in [7, 11) is 0. The van der Waals surface area contributed by atoms with Gasteiger partial charge in [-0.05, 0) is 24.1 Å². The van der Waals surface area contributed by atoms with E-state index < -0.39 is 28.6 Å². The average molecular weight is 270 g/mol. The minimum absolute atomic E-state index is 0.0855. The Hall–Kier alpha value is -2.22. The molecule has 0 saturated carbocycles. The number of nitrogens with zero attached hydrogens (tertiary/aromatic N) is 4. The van der Waals surface area contributed by atoms with Gasteiger partial charge in [0.05, 0.1) is 16.6 Å². The third-order valence-corrected chi connectivity index (χ3v) is 2.46. The van der Waals surface area contributed by atoms with Crippen molar-refractivity contribution in [2.75, 3.05) is 6.54 Å². The van der Waals surface area contributed by atoms with Crippen LogP contribution < -0.4 is 0 Å². The summed E-state index contributed by atoms with van der Waals surface area (Å²) in [6, 6.07) is 2.59. The van der Waals surface area contributed by atoms with E-state index in [0.29, 0.717) is 0 Å². The molecule has 2 unspecified atom stereocenters. The average Bonchev–Trinajstić information content (AvgIpc) is 2.37. The van der Waals surface area contributed by atoms with E-state index in [-0.39, 0.29) is 18.5 Å². The lowest BCUT2D eigenvalue weighted by atomic mass is 10.0. The van der Waals surface area contributed by atoms with Crippen molar-refractivity contribution in [3.05, 3.63) is 50.1 Å². The van der Waals surface area contributed by atoms with Gasteiger partial charge in [0.25, 0.3) is 5.69 Å². The Morgan fingerprint density at radius 1 is 1.53 bits per heavy atom. The highest BCUT2D eigenvalue weighted by Crippen LogP contribution is 2.29. The first-order chi connectivity index (χ1) is 8.97. The van der Waals surface area contributed by atoms with E-state index in [2.05, 4.69) is 10.0 Å². The predicted molar refractivity (Wildman–Crippen MR) is 62.7 cm³/mol. The molecule has 1 aromatic carbocycles. The van der Waals surface area contributed by atoms with Crippen LogP contribution >= 0.6 is 0 Å². The summed E-state index contributed by atoms with van der Waals surface area (Å²) in [6.45, 7) is -0.0855. The maximum absolute atomic E-state index is 13.1. The van der Waals surface area contributed by atoms with Crippen molar-refractivity contribution in [3.63, 3.8) is 0 Å². The van der Waals surface area contributed by atoms with Gasteiger partial charge in [-0.15, -0.1) is 0 Å². The lowest BCUT2D eigenvalue weighted by Crippen LogP contribution is -2.20. The second kappa shape index (κ2) is 6.64. The first kappa shape index (κ1) is 14.8. The van der Waals surface area contributed by atoms with E-state index in [1.807, 2.05) is 0 Å². The Kier molecular flexibility index (Phi) is 5.19. The molecule has 1 aromatic rings. The van der Waals surface area contributed by atoms with Crippen molar-refractivity contribution < 1.29 is 19.5 Å². The number of aliphatic hydroxyl groups excluding tert-OH is 2. The van der Waals surface area contributed by atoms with E-state index in [1.165, 1.54) is 0 Å². The summed E-state index contributed by atoms with van der Waals surface area (Å²) in [4.78, 5) is 12.4. The van der Waals surface area contributed by atoms with Gasteiger partial charge in [0.2, 0.25) is 0 Å². The molecule has 0 amide bonds. The van der Waals surface area contributed by atoms with Gasteiger partial charge in [0.15, 0.2) is 0 Å². The van der Waals surface area contributed by atoms with Crippen LogP contribution in [0.3, 0.4) is 0 Å². The van der Waals surface area contributed by atoms with E-state index in [0.717, 1.165) is 18.2 Å². The number of azide groups is 1. The molecule has 2 atom stereocenters. The highest BCUT2D eigenvalue weighted by molar-refractivity contribution is 5.42. The Morgan fingerprint density at radius 2 is 2.21 bits per heavy atom. The molecule has 2 N–H and O–H groups in total. The Morgan fingerprint density at radius 3 is 2.79 bits per heavy atom. The van der Waals surface area contributed by atoms with Crippen molar-refractivity contribution in [2.45, 2.75) is 18.6 Å². The van der Waals surface area contributed by atoms with Crippen molar-refractivity contribution >= 4 is 5.69 Å². The van der Waals surface area contributed by atoms with Gasteiger partial charge in [0.1, 0.15) is 11.9 Å². The number of nitro benzene ring substituents is 1. The highest BCUT2D eigenvalue weighted by Gasteiger charge is 2.26. The second-order valence-corrected chi connectivity index (χ2v) is 3.72. The van der Waals surface area contributed by atoms with Crippen LogP contribution in [0, 0.1) is 15.9 Å². The molecule has 0 spiro atoms. The smallest absolute Gasteiger partial charge is 0.275 e. The fraction of sp³-hybridized carbons (Fsp3) is 0.400. The summed E-state index contributed by atoms with van der Waals surface area (Å²) in [5, 5.41) is 33.3. The maximum Gasteiger partial charge on any atom is 0.275 e. The summed E-state index contributed by atoms with van der Waals surface area (Å²) in [5.74, 6) is -0.762. The minimum atomic E-state index is -1.63. The highest BCUT2D eigenvalue weighted by atomic mass is 19.1. The Labute approximate surface area is 106 Å². The van der Waals surface area contributed by atoms with E-state index >= 15 is 0 Å². The quantitative estimate of drug-likeness (QED) is 0.268. The van der Waals surface area contributed by atoms with Gasteiger partial charge in [-0.3, -0.25) is 10.1 Å². The van der Waals surface area contributed by atoms with Gasteiger partial charge in [0, 0.05) is 17.5 Å². The maximum atomic E-state index is 13.1. The van der Waals surface area contributed by atoms with Gasteiger partial charge < -0.3 is 10.2 Å². The van der Waals surface area contributed by atoms with Crippen molar-refractivity contribution in [1.82, 2.24) is 0 Å². The first-order valence-electron chi connectivity index (χ1n) is 5.28. The molecule has 0 aromatic heterocycles. The van der Waals surface area contributed by atoms with E-state index in [1.54, 1.807) is 0 Å². The fourth-order valence-electron chi connectivity index (χ4n) is 1.53. The second-order valence-electron chi connectivity index (χ2n) is 3.72. The van der Waals surface area contributed by atoms with Crippen LogP contribution in [-0.2, 0) is 0 Å². The van der Waals surface area contributed by atoms with Crippen LogP contribution in [0.4, 0.5) is 10.1 Å². The van der Waals surface area contributed by atoms with Crippen molar-refractivity contribution in [1.29, 1.82) is 0 Å². The first-order valence-corrected chi connectivity index (χ1v) is 5.28. The van der Waals surface area contributed by atoms with Crippen LogP contribution in [0.25, 0.3) is 10.4 Å². The minimum Gasteiger partial charge on any atom is -0.390 e. The normalized spacial score (nSPS) is 13.4. The predicted octanol–water partition coefficient (Wildman–Crippen LogP) is 1.83. The SMILES string of the molecule is [N-]=[N+]=NCCC(O)C(O)c1cc(F)ccc1[N+](=O)[O-]. The van der Waals surface area contributed by atoms with Crippen LogP contribution in [0.15, 0.2) is 23.3 Å². The third kappa shape index (κ3) is 3.88. The zero-order valence-electron chi connectivity index (χ0n) is 9.68. The number of aliphatic hydroxyl groups is 2. The zero-order chi connectivity index (χ0) is 14.4. The molecule has 0 bridgehead atoms. The molecule has 102 valence electrons. The van der Waals surface area contributed by atoms with Crippen LogP contribution in [-0.4, -0.2) is 27.8 Å². The zero-order valence-corrected chi connectivity index (χ0v) is 9.68. The molecule has 0 aliphatic heterocycles. The van der Waals surface area contributed by atoms with Gasteiger partial charge in [-0.1, -0.05) is 5.11 Å². The molecule has 1 rings (SSSR count). The molecule has 0 fully saturated rings. The lowest BCUT2D eigenvalue weighted by Gasteiger charge is -2.17. The number of hydrogen-bond donors (Lipinski definition) is 2. The fourth-order valence-corrected chi connectivity index (χ4v) is 1.53. The molecular weight excluding hydrogens is 259 g/mol. The Bertz CT molecular complexity index is 518. The molecular formula is C10H11FN4O4. The molecule has 0 aliphatic rings. The topological polar surface area (TPSA) is 132 Å². The van der Waals surface area contributed by atoms with Gasteiger partial charge >= 0.3 is 0 Å². The molecule has 0 heterocycles. The van der Waals surface area contributed by atoms with E-state index in [9.17, 15) is 24.7 Å². The Balaban J connectivity index is 2.96. The number of halogens is 1. The summed E-state index contributed by atoms with van der Waals surface area (Å²) in [5.41, 5.74) is 7.25. The largest absolute Gasteiger partial charge is 0.390 e. The molecule has 19 heavy (non-hydrogen) atoms. The molecule has 9 heteroatoms. The molecule has 0 aliphatic carbocycles. The summed E-state index contributed by atoms with van der Waals surface area (Å²) in [6.07, 6.45) is -3.13. The van der Waals surface area contributed by atoms with Crippen molar-refractivity contribution in [2.24, 2.45) is 5.11 Å². The van der Waals surface area contributed by atoms with Crippen LogP contribution in [0.1, 0.15) is 18.1 Å². The van der Waals surface area contributed by atoms with E-state index in [4.69, 9.17) is 5.53 Å². The molecule has 0 radical (unpaired) electrons. The number of hydrogen-bond acceptors (Lipinski definition) is 5. The lowest BCUT2D eigenvalue weighted by molar-refractivity contribution is -0.386. The van der Waals surface area contributed by atoms with Crippen LogP contribution in [0.5, 0.6) is 0 Å². The summed E-state index contributed by atoms with van der Waals surface area (Å²) >= 11 is 0. The van der Waals surface area contributed by atoms with Crippen LogP contribution in [0.2, 0.25) is 0 Å². The third-order valence-electron chi connectivity index (χ3n) is 2.46. The number of rotatable bonds is 6. The molecule has 8 nitrogen and oxygen atoms in total. The van der Waals surface area contributed by atoms with Gasteiger partial charge in [-0.2, -0.15) is 0 Å². The standard InChI is InChI=1S/C10H11FN4O4/c11-6-1-2-8(15(18)19)7(5-6)10(17)9(16)3-4-13-14-12/h1-2,5,9-10,16-17H,3-4H2.